The standard InChI is InChI=1S/C34H39F3O/c1-3-4-5-6-7-22-38-32-21-19-29(23-31(32)35)26-15-10-25(11-16-26)12-17-28-18-20-30(34(37)33(28)36)27-13-8-24(2)9-14-27/h10-11,13,15-16,18-21,23-24H,3-9,12,14,17,22H2,1-2H3. The highest BCUT2D eigenvalue weighted by molar-refractivity contribution is 5.67. The fraction of sp³-hybridized carbons (Fsp3) is 0.412. The van der Waals surface area contributed by atoms with Gasteiger partial charge < -0.3 is 4.74 Å². The Bertz CT molecular complexity index is 1230. The molecule has 4 rings (SSSR count). The highest BCUT2D eigenvalue weighted by Gasteiger charge is 2.19. The molecule has 0 aliphatic heterocycles. The molecule has 202 valence electrons. The minimum absolute atomic E-state index is 0.287. The summed E-state index contributed by atoms with van der Waals surface area (Å²) in [5.41, 5.74) is 4.40. The van der Waals surface area contributed by atoms with Crippen molar-refractivity contribution >= 4 is 5.57 Å². The fourth-order valence-corrected chi connectivity index (χ4v) is 5.07. The Morgan fingerprint density at radius 1 is 0.816 bits per heavy atom. The molecule has 0 saturated carbocycles. The number of ether oxygens (including phenoxy) is 1. The molecule has 0 radical (unpaired) electrons. The summed E-state index contributed by atoms with van der Waals surface area (Å²) in [4.78, 5) is 0. The van der Waals surface area contributed by atoms with Gasteiger partial charge in [-0.05, 0) is 84.4 Å². The van der Waals surface area contributed by atoms with Gasteiger partial charge in [-0.1, -0.05) is 88.1 Å². The van der Waals surface area contributed by atoms with Gasteiger partial charge in [0, 0.05) is 5.56 Å². The van der Waals surface area contributed by atoms with Crippen molar-refractivity contribution in [2.75, 3.05) is 6.61 Å². The van der Waals surface area contributed by atoms with Crippen molar-refractivity contribution in [3.63, 3.8) is 0 Å². The lowest BCUT2D eigenvalue weighted by Gasteiger charge is -2.19. The molecule has 0 bridgehead atoms. The molecule has 0 heterocycles. The van der Waals surface area contributed by atoms with Crippen LogP contribution in [0.2, 0.25) is 0 Å². The van der Waals surface area contributed by atoms with Gasteiger partial charge in [0.05, 0.1) is 6.61 Å². The number of allylic oxidation sites excluding steroid dienone is 2. The van der Waals surface area contributed by atoms with Crippen molar-refractivity contribution in [2.24, 2.45) is 5.92 Å². The Balaban J connectivity index is 1.33. The van der Waals surface area contributed by atoms with Crippen molar-refractivity contribution in [1.29, 1.82) is 0 Å². The quantitative estimate of drug-likeness (QED) is 0.216. The van der Waals surface area contributed by atoms with Gasteiger partial charge in [-0.2, -0.15) is 0 Å². The maximum atomic E-state index is 14.9. The molecule has 3 aromatic carbocycles. The smallest absolute Gasteiger partial charge is 0.166 e. The van der Waals surface area contributed by atoms with E-state index in [1.807, 2.05) is 30.3 Å². The second-order valence-corrected chi connectivity index (χ2v) is 10.6. The molecule has 0 fully saturated rings. The van der Waals surface area contributed by atoms with Gasteiger partial charge in [0.15, 0.2) is 23.2 Å². The first-order valence-corrected chi connectivity index (χ1v) is 14.1. The van der Waals surface area contributed by atoms with E-state index in [2.05, 4.69) is 19.9 Å². The first-order chi connectivity index (χ1) is 18.5. The van der Waals surface area contributed by atoms with Gasteiger partial charge in [0.1, 0.15) is 0 Å². The van der Waals surface area contributed by atoms with Gasteiger partial charge in [0.25, 0.3) is 0 Å². The summed E-state index contributed by atoms with van der Waals surface area (Å²) in [6, 6.07) is 16.3. The highest BCUT2D eigenvalue weighted by atomic mass is 19.2. The second kappa shape index (κ2) is 13.7. The zero-order valence-electron chi connectivity index (χ0n) is 22.7. The molecule has 0 amide bonds. The van der Waals surface area contributed by atoms with Crippen LogP contribution in [-0.2, 0) is 12.8 Å². The maximum Gasteiger partial charge on any atom is 0.166 e. The van der Waals surface area contributed by atoms with E-state index in [1.54, 1.807) is 18.2 Å². The number of aryl methyl sites for hydroxylation is 2. The minimum atomic E-state index is -0.739. The molecule has 1 aliphatic carbocycles. The Kier molecular flexibility index (Phi) is 10.1. The van der Waals surface area contributed by atoms with Crippen LogP contribution in [0, 0.1) is 23.4 Å². The first kappa shape index (κ1) is 28.0. The SMILES string of the molecule is CCCCCCCOc1ccc(-c2ccc(CCc3ccc(C4=CCC(C)CC4)c(F)c3F)cc2)cc1F. The molecule has 1 unspecified atom stereocenters. The molecular weight excluding hydrogens is 481 g/mol. The summed E-state index contributed by atoms with van der Waals surface area (Å²) in [5.74, 6) is -0.948. The predicted octanol–water partition coefficient (Wildman–Crippen LogP) is 10.1. The van der Waals surface area contributed by atoms with E-state index in [4.69, 9.17) is 4.74 Å². The third-order valence-corrected chi connectivity index (χ3v) is 7.59. The van der Waals surface area contributed by atoms with Gasteiger partial charge in [-0.25, -0.2) is 13.2 Å². The average molecular weight is 521 g/mol. The van der Waals surface area contributed by atoms with Crippen LogP contribution >= 0.6 is 0 Å². The molecule has 1 aliphatic rings. The summed E-state index contributed by atoms with van der Waals surface area (Å²) in [7, 11) is 0. The zero-order valence-corrected chi connectivity index (χ0v) is 22.7. The normalized spacial score (nSPS) is 15.4. The van der Waals surface area contributed by atoms with Gasteiger partial charge in [-0.15, -0.1) is 0 Å². The third-order valence-electron chi connectivity index (χ3n) is 7.59. The van der Waals surface area contributed by atoms with Gasteiger partial charge in [-0.3, -0.25) is 0 Å². The average Bonchev–Trinajstić information content (AvgIpc) is 2.93. The summed E-state index contributed by atoms with van der Waals surface area (Å²) in [6.45, 7) is 4.89. The predicted molar refractivity (Wildman–Crippen MR) is 151 cm³/mol. The number of hydrogen-bond acceptors (Lipinski definition) is 1. The molecule has 1 nitrogen and oxygen atoms in total. The molecule has 0 aromatic heterocycles. The van der Waals surface area contributed by atoms with Crippen LogP contribution in [0.4, 0.5) is 13.2 Å². The van der Waals surface area contributed by atoms with Crippen molar-refractivity contribution in [3.8, 4) is 16.9 Å². The van der Waals surface area contributed by atoms with E-state index in [0.29, 0.717) is 36.5 Å². The van der Waals surface area contributed by atoms with E-state index in [-0.39, 0.29) is 11.6 Å². The van der Waals surface area contributed by atoms with Gasteiger partial charge >= 0.3 is 0 Å². The largest absolute Gasteiger partial charge is 0.491 e. The molecule has 0 spiro atoms. The number of halogens is 3. The van der Waals surface area contributed by atoms with Crippen LogP contribution in [0.5, 0.6) is 5.75 Å². The van der Waals surface area contributed by atoms with Crippen molar-refractivity contribution in [1.82, 2.24) is 0 Å². The first-order valence-electron chi connectivity index (χ1n) is 14.1. The van der Waals surface area contributed by atoms with E-state index >= 15 is 0 Å². The summed E-state index contributed by atoms with van der Waals surface area (Å²) in [5, 5.41) is 0. The molecule has 3 aromatic rings. The monoisotopic (exact) mass is 520 g/mol. The third kappa shape index (κ3) is 7.30. The van der Waals surface area contributed by atoms with E-state index in [9.17, 15) is 13.2 Å². The number of benzene rings is 3. The number of rotatable bonds is 12. The molecule has 0 saturated heterocycles. The molecular formula is C34H39F3O. The van der Waals surface area contributed by atoms with E-state index in [0.717, 1.165) is 54.4 Å². The van der Waals surface area contributed by atoms with E-state index < -0.39 is 11.6 Å². The Morgan fingerprint density at radius 2 is 1.58 bits per heavy atom. The molecule has 4 heteroatoms. The Labute approximate surface area is 225 Å². The minimum Gasteiger partial charge on any atom is -0.491 e. The van der Waals surface area contributed by atoms with Crippen LogP contribution in [0.3, 0.4) is 0 Å². The van der Waals surface area contributed by atoms with Crippen LogP contribution < -0.4 is 4.74 Å². The van der Waals surface area contributed by atoms with Crippen molar-refractivity contribution < 1.29 is 17.9 Å². The summed E-state index contributed by atoms with van der Waals surface area (Å²) >= 11 is 0. The Hall–Kier alpha value is -3.01. The zero-order chi connectivity index (χ0) is 26.9. The van der Waals surface area contributed by atoms with Crippen molar-refractivity contribution in [2.45, 2.75) is 78.1 Å². The van der Waals surface area contributed by atoms with Crippen molar-refractivity contribution in [3.05, 3.63) is 94.8 Å². The Morgan fingerprint density at radius 3 is 2.29 bits per heavy atom. The van der Waals surface area contributed by atoms with Crippen LogP contribution in [0.25, 0.3) is 16.7 Å². The van der Waals surface area contributed by atoms with Crippen LogP contribution in [-0.4, -0.2) is 6.61 Å². The summed E-state index contributed by atoms with van der Waals surface area (Å²) in [6.07, 6.45) is 11.4. The lowest BCUT2D eigenvalue weighted by Crippen LogP contribution is -2.05. The topological polar surface area (TPSA) is 9.23 Å². The lowest BCUT2D eigenvalue weighted by atomic mass is 9.87. The van der Waals surface area contributed by atoms with Gasteiger partial charge in [0.2, 0.25) is 0 Å². The molecule has 38 heavy (non-hydrogen) atoms. The molecule has 0 N–H and O–H groups in total. The lowest BCUT2D eigenvalue weighted by molar-refractivity contribution is 0.290. The fourth-order valence-electron chi connectivity index (χ4n) is 5.07. The number of hydrogen-bond donors (Lipinski definition) is 0. The summed E-state index contributed by atoms with van der Waals surface area (Å²) < 4.78 is 49.9. The van der Waals surface area contributed by atoms with Crippen LogP contribution in [0.1, 0.15) is 81.9 Å². The van der Waals surface area contributed by atoms with Crippen LogP contribution in [0.15, 0.2) is 60.7 Å². The maximum absolute atomic E-state index is 14.9. The molecule has 1 atom stereocenters. The number of unbranched alkanes of at least 4 members (excludes halogenated alkanes) is 4. The van der Waals surface area contributed by atoms with E-state index in [1.165, 1.54) is 25.3 Å². The highest BCUT2D eigenvalue weighted by Crippen LogP contribution is 2.33. The second-order valence-electron chi connectivity index (χ2n) is 10.6.